The Morgan fingerprint density at radius 3 is 2.31 bits per heavy atom. The first kappa shape index (κ1) is 26.9. The highest BCUT2D eigenvalue weighted by atomic mass is 32.2. The molecule has 2 aromatic heterocycles. The monoisotopic (exact) mass is 553 g/mol. The molecule has 7 heteroatoms. The summed E-state index contributed by atoms with van der Waals surface area (Å²) in [6.45, 7) is 10.3. The summed E-state index contributed by atoms with van der Waals surface area (Å²) < 4.78 is 1.66. The predicted molar refractivity (Wildman–Crippen MR) is 164 cm³/mol. The third-order valence-electron chi connectivity index (χ3n) is 6.69. The van der Waals surface area contributed by atoms with Crippen LogP contribution in [0.25, 0.3) is 27.0 Å². The molecule has 39 heavy (non-hydrogen) atoms. The van der Waals surface area contributed by atoms with Crippen LogP contribution in [0.2, 0.25) is 0 Å². The third kappa shape index (κ3) is 5.56. The van der Waals surface area contributed by atoms with Crippen LogP contribution in [0.1, 0.15) is 38.8 Å². The summed E-state index contributed by atoms with van der Waals surface area (Å²) in [4.78, 5) is 32.9. The van der Waals surface area contributed by atoms with Gasteiger partial charge in [-0.05, 0) is 54.2 Å². The lowest BCUT2D eigenvalue weighted by Gasteiger charge is -2.20. The molecule has 3 aromatic carbocycles. The zero-order chi connectivity index (χ0) is 27.7. The molecule has 5 nitrogen and oxygen atoms in total. The van der Waals surface area contributed by atoms with Gasteiger partial charge in [0.15, 0.2) is 5.16 Å². The lowest BCUT2D eigenvalue weighted by Crippen LogP contribution is -2.26. The average molecular weight is 554 g/mol. The van der Waals surface area contributed by atoms with Crippen molar-refractivity contribution in [1.82, 2.24) is 9.55 Å². The number of thioether (sulfide) groups is 1. The van der Waals surface area contributed by atoms with Gasteiger partial charge < -0.3 is 5.32 Å². The van der Waals surface area contributed by atoms with Gasteiger partial charge in [0.2, 0.25) is 5.91 Å². The Hall–Kier alpha value is -3.68. The number of rotatable bonds is 6. The molecule has 198 valence electrons. The summed E-state index contributed by atoms with van der Waals surface area (Å²) in [5.74, 6) is -0.148. The summed E-state index contributed by atoms with van der Waals surface area (Å²) >= 11 is 2.74. The number of thiophene rings is 1. The van der Waals surface area contributed by atoms with Gasteiger partial charge in [0.05, 0.1) is 16.3 Å². The van der Waals surface area contributed by atoms with Crippen LogP contribution in [0.3, 0.4) is 0 Å². The molecule has 0 aliphatic heterocycles. The van der Waals surface area contributed by atoms with Gasteiger partial charge in [-0.15, -0.1) is 11.3 Å². The van der Waals surface area contributed by atoms with Gasteiger partial charge in [0, 0.05) is 16.6 Å². The zero-order valence-corrected chi connectivity index (χ0v) is 24.3. The van der Waals surface area contributed by atoms with Crippen molar-refractivity contribution in [2.45, 2.75) is 50.4 Å². The van der Waals surface area contributed by atoms with Crippen molar-refractivity contribution in [3.8, 4) is 16.8 Å². The fraction of sp³-hybridized carbons (Fsp3) is 0.219. The standard InChI is InChI=1S/C32H31N3O2S2/c1-20-11-9-10-14-26(20)35-30(37)27-25(22-12-7-6-8-13-22)19-38-29(27)34-31(35)39-21(2)28(36)33-24-17-15-23(16-18-24)32(3,4)5/h6-19,21H,1-5H3,(H,33,36). The van der Waals surface area contributed by atoms with Gasteiger partial charge in [-0.25, -0.2) is 4.98 Å². The van der Waals surface area contributed by atoms with Gasteiger partial charge in [-0.2, -0.15) is 0 Å². The van der Waals surface area contributed by atoms with Gasteiger partial charge in [0.25, 0.3) is 5.56 Å². The van der Waals surface area contributed by atoms with Crippen molar-refractivity contribution in [2.75, 3.05) is 5.32 Å². The molecular formula is C32H31N3O2S2. The minimum atomic E-state index is -0.486. The number of hydrogen-bond acceptors (Lipinski definition) is 5. The van der Waals surface area contributed by atoms with Crippen molar-refractivity contribution in [3.05, 3.63) is 106 Å². The molecule has 1 N–H and O–H groups in total. The van der Waals surface area contributed by atoms with E-state index in [-0.39, 0.29) is 16.9 Å². The molecule has 1 atom stereocenters. The first-order chi connectivity index (χ1) is 18.6. The van der Waals surface area contributed by atoms with Crippen molar-refractivity contribution in [1.29, 1.82) is 0 Å². The number of carbonyl (C=O) groups is 1. The van der Waals surface area contributed by atoms with Crippen molar-refractivity contribution in [2.24, 2.45) is 0 Å². The predicted octanol–water partition coefficient (Wildman–Crippen LogP) is 7.84. The number of nitrogens with zero attached hydrogens (tertiary/aromatic N) is 2. The van der Waals surface area contributed by atoms with Crippen LogP contribution in [0.5, 0.6) is 0 Å². The van der Waals surface area contributed by atoms with E-state index >= 15 is 0 Å². The Morgan fingerprint density at radius 2 is 1.64 bits per heavy atom. The number of para-hydroxylation sites is 1. The maximum atomic E-state index is 14.1. The van der Waals surface area contributed by atoms with Crippen LogP contribution >= 0.6 is 23.1 Å². The molecule has 1 amide bonds. The first-order valence-corrected chi connectivity index (χ1v) is 14.6. The van der Waals surface area contributed by atoms with E-state index in [2.05, 4.69) is 26.1 Å². The van der Waals surface area contributed by atoms with Crippen LogP contribution in [0.4, 0.5) is 5.69 Å². The van der Waals surface area contributed by atoms with E-state index in [4.69, 9.17) is 4.98 Å². The molecule has 0 spiro atoms. The zero-order valence-electron chi connectivity index (χ0n) is 22.7. The maximum Gasteiger partial charge on any atom is 0.268 e. The minimum Gasteiger partial charge on any atom is -0.325 e. The van der Waals surface area contributed by atoms with E-state index in [1.807, 2.05) is 98.1 Å². The van der Waals surface area contributed by atoms with E-state index in [1.54, 1.807) is 4.57 Å². The SMILES string of the molecule is Cc1ccccc1-n1c(SC(C)C(=O)Nc2ccc(C(C)(C)C)cc2)nc2scc(-c3ccccc3)c2c1=O. The van der Waals surface area contributed by atoms with Crippen LogP contribution in [0, 0.1) is 6.92 Å². The highest BCUT2D eigenvalue weighted by Gasteiger charge is 2.23. The van der Waals surface area contributed by atoms with E-state index in [9.17, 15) is 9.59 Å². The molecule has 5 rings (SSSR count). The highest BCUT2D eigenvalue weighted by molar-refractivity contribution is 8.00. The topological polar surface area (TPSA) is 64.0 Å². The molecule has 0 saturated heterocycles. The fourth-order valence-corrected chi connectivity index (χ4v) is 6.33. The van der Waals surface area contributed by atoms with Gasteiger partial charge in [0.1, 0.15) is 4.83 Å². The number of benzene rings is 3. The van der Waals surface area contributed by atoms with Crippen LogP contribution < -0.4 is 10.9 Å². The van der Waals surface area contributed by atoms with Crippen molar-refractivity contribution < 1.29 is 4.79 Å². The fourth-order valence-electron chi connectivity index (χ4n) is 4.42. The van der Waals surface area contributed by atoms with Crippen LogP contribution in [-0.2, 0) is 10.2 Å². The second-order valence-electron chi connectivity index (χ2n) is 10.6. The number of fused-ring (bicyclic) bond motifs is 1. The lowest BCUT2D eigenvalue weighted by atomic mass is 9.87. The molecule has 0 bridgehead atoms. The average Bonchev–Trinajstić information content (AvgIpc) is 3.34. The summed E-state index contributed by atoms with van der Waals surface area (Å²) in [6, 6.07) is 25.6. The lowest BCUT2D eigenvalue weighted by molar-refractivity contribution is -0.115. The number of carbonyl (C=O) groups excluding carboxylic acids is 1. The number of aromatic nitrogens is 2. The molecule has 0 fully saturated rings. The quantitative estimate of drug-likeness (QED) is 0.172. The Bertz CT molecular complexity index is 1700. The summed E-state index contributed by atoms with van der Waals surface area (Å²) in [5, 5.41) is 5.61. The number of anilines is 1. The number of hydrogen-bond donors (Lipinski definition) is 1. The van der Waals surface area contributed by atoms with Gasteiger partial charge in [-0.1, -0.05) is 93.2 Å². The second kappa shape index (κ2) is 10.8. The summed E-state index contributed by atoms with van der Waals surface area (Å²) in [6.07, 6.45) is 0. The van der Waals surface area contributed by atoms with Gasteiger partial charge >= 0.3 is 0 Å². The minimum absolute atomic E-state index is 0.0391. The van der Waals surface area contributed by atoms with E-state index in [1.165, 1.54) is 28.7 Å². The Morgan fingerprint density at radius 1 is 0.974 bits per heavy atom. The number of nitrogens with one attached hydrogen (secondary N) is 1. The molecule has 0 aliphatic rings. The molecular weight excluding hydrogens is 523 g/mol. The number of amides is 1. The summed E-state index contributed by atoms with van der Waals surface area (Å²) in [7, 11) is 0. The van der Waals surface area contributed by atoms with Crippen molar-refractivity contribution >= 4 is 44.9 Å². The van der Waals surface area contributed by atoms with E-state index in [0.29, 0.717) is 15.4 Å². The van der Waals surface area contributed by atoms with Crippen molar-refractivity contribution in [3.63, 3.8) is 0 Å². The number of aryl methyl sites for hydroxylation is 1. The molecule has 2 heterocycles. The largest absolute Gasteiger partial charge is 0.325 e. The third-order valence-corrected chi connectivity index (χ3v) is 8.61. The van der Waals surface area contributed by atoms with Crippen LogP contribution in [-0.4, -0.2) is 20.7 Å². The molecule has 5 aromatic rings. The molecule has 0 radical (unpaired) electrons. The van der Waals surface area contributed by atoms with Gasteiger partial charge in [-0.3, -0.25) is 14.2 Å². The van der Waals surface area contributed by atoms with E-state index < -0.39 is 5.25 Å². The Balaban J connectivity index is 1.52. The maximum absolute atomic E-state index is 14.1. The second-order valence-corrected chi connectivity index (χ2v) is 12.8. The Kier molecular flexibility index (Phi) is 7.47. The molecule has 0 saturated carbocycles. The smallest absolute Gasteiger partial charge is 0.268 e. The van der Waals surface area contributed by atoms with Crippen LogP contribution in [0.15, 0.2) is 94.2 Å². The molecule has 1 unspecified atom stereocenters. The first-order valence-electron chi connectivity index (χ1n) is 12.9. The molecule has 0 aliphatic carbocycles. The highest BCUT2D eigenvalue weighted by Crippen LogP contribution is 2.34. The summed E-state index contributed by atoms with van der Waals surface area (Å²) in [5.41, 5.74) is 5.41. The Labute approximate surface area is 236 Å². The normalized spacial score (nSPS) is 12.4. The van der Waals surface area contributed by atoms with E-state index in [0.717, 1.165) is 28.1 Å².